The average Bonchev–Trinajstić information content (AvgIpc) is 2.73. The predicted molar refractivity (Wildman–Crippen MR) is 62.9 cm³/mol. The van der Waals surface area contributed by atoms with E-state index in [1.165, 1.54) is 32.1 Å². The van der Waals surface area contributed by atoms with Gasteiger partial charge >= 0.3 is 0 Å². The summed E-state index contributed by atoms with van der Waals surface area (Å²) in [7, 11) is 0. The van der Waals surface area contributed by atoms with Gasteiger partial charge in [0.1, 0.15) is 0 Å². The van der Waals surface area contributed by atoms with Crippen LogP contribution in [0.4, 0.5) is 0 Å². The Hall–Kier alpha value is -0.0800. The highest BCUT2D eigenvalue weighted by atomic mass is 16.5. The molecule has 0 aromatic rings. The van der Waals surface area contributed by atoms with Crippen molar-refractivity contribution in [1.29, 1.82) is 0 Å². The van der Waals surface area contributed by atoms with Gasteiger partial charge in [-0.1, -0.05) is 26.7 Å². The fourth-order valence-corrected chi connectivity index (χ4v) is 2.96. The molecule has 15 heavy (non-hydrogen) atoms. The minimum Gasteiger partial charge on any atom is -0.377 e. The van der Waals surface area contributed by atoms with Gasteiger partial charge < -0.3 is 10.1 Å². The molecule has 88 valence electrons. The first-order chi connectivity index (χ1) is 7.27. The molecular formula is C13H25NO. The lowest BCUT2D eigenvalue weighted by molar-refractivity contribution is 0.0985. The zero-order valence-electron chi connectivity index (χ0n) is 10.2. The molecule has 1 N–H and O–H groups in total. The third kappa shape index (κ3) is 2.94. The summed E-state index contributed by atoms with van der Waals surface area (Å²) in [6, 6.07) is 0.734. The highest BCUT2D eigenvalue weighted by Gasteiger charge is 2.27. The summed E-state index contributed by atoms with van der Waals surface area (Å²) in [5, 5.41) is 3.72. The molecule has 1 saturated carbocycles. The van der Waals surface area contributed by atoms with Gasteiger partial charge in [0.2, 0.25) is 0 Å². The van der Waals surface area contributed by atoms with E-state index in [0.717, 1.165) is 31.0 Å². The molecule has 0 aromatic heterocycles. The van der Waals surface area contributed by atoms with Crippen LogP contribution in [0.5, 0.6) is 0 Å². The standard InChI is InChI=1S/C13H25NO/c1-10-5-3-7-13(11(10)2)14-9-12-6-4-8-15-12/h10-14H,3-9H2,1-2H3. The Kier molecular flexibility index (Phi) is 4.04. The van der Waals surface area contributed by atoms with E-state index >= 15 is 0 Å². The van der Waals surface area contributed by atoms with Crippen LogP contribution in [0.25, 0.3) is 0 Å². The van der Waals surface area contributed by atoms with E-state index in [1.54, 1.807) is 0 Å². The largest absolute Gasteiger partial charge is 0.377 e. The maximum Gasteiger partial charge on any atom is 0.0700 e. The smallest absolute Gasteiger partial charge is 0.0700 e. The maximum absolute atomic E-state index is 5.64. The molecule has 4 atom stereocenters. The van der Waals surface area contributed by atoms with Gasteiger partial charge in [-0.15, -0.1) is 0 Å². The molecule has 0 bridgehead atoms. The van der Waals surface area contributed by atoms with Crippen molar-refractivity contribution in [3.05, 3.63) is 0 Å². The van der Waals surface area contributed by atoms with Gasteiger partial charge in [-0.25, -0.2) is 0 Å². The highest BCUT2D eigenvalue weighted by molar-refractivity contribution is 4.83. The van der Waals surface area contributed by atoms with E-state index < -0.39 is 0 Å². The first-order valence-electron chi connectivity index (χ1n) is 6.62. The summed E-state index contributed by atoms with van der Waals surface area (Å²) in [4.78, 5) is 0. The SMILES string of the molecule is CC1CCCC(NCC2CCCO2)C1C. The van der Waals surface area contributed by atoms with Crippen molar-refractivity contribution >= 4 is 0 Å². The Morgan fingerprint density at radius 1 is 1.13 bits per heavy atom. The van der Waals surface area contributed by atoms with E-state index in [-0.39, 0.29) is 0 Å². The number of rotatable bonds is 3. The van der Waals surface area contributed by atoms with Crippen LogP contribution in [0, 0.1) is 11.8 Å². The van der Waals surface area contributed by atoms with Crippen LogP contribution in [-0.4, -0.2) is 25.3 Å². The van der Waals surface area contributed by atoms with Crippen molar-refractivity contribution in [2.45, 2.75) is 58.1 Å². The molecule has 0 aromatic carbocycles. The summed E-state index contributed by atoms with van der Waals surface area (Å²) in [5.74, 6) is 1.72. The number of ether oxygens (including phenoxy) is 1. The van der Waals surface area contributed by atoms with Gasteiger partial charge in [0.25, 0.3) is 0 Å². The van der Waals surface area contributed by atoms with Gasteiger partial charge in [-0.2, -0.15) is 0 Å². The molecule has 2 rings (SSSR count). The summed E-state index contributed by atoms with van der Waals surface area (Å²) >= 11 is 0. The van der Waals surface area contributed by atoms with Crippen LogP contribution in [-0.2, 0) is 4.74 Å². The monoisotopic (exact) mass is 211 g/mol. The number of hydrogen-bond acceptors (Lipinski definition) is 2. The van der Waals surface area contributed by atoms with E-state index in [1.807, 2.05) is 0 Å². The van der Waals surface area contributed by atoms with Gasteiger partial charge in [0.15, 0.2) is 0 Å². The summed E-state index contributed by atoms with van der Waals surface area (Å²) in [6.07, 6.45) is 7.17. The molecule has 2 aliphatic rings. The van der Waals surface area contributed by atoms with Crippen LogP contribution in [0.1, 0.15) is 46.0 Å². The topological polar surface area (TPSA) is 21.3 Å². The maximum atomic E-state index is 5.64. The van der Waals surface area contributed by atoms with Crippen molar-refractivity contribution in [1.82, 2.24) is 5.32 Å². The van der Waals surface area contributed by atoms with E-state index in [9.17, 15) is 0 Å². The molecule has 1 saturated heterocycles. The van der Waals surface area contributed by atoms with Crippen molar-refractivity contribution in [2.24, 2.45) is 11.8 Å². The second kappa shape index (κ2) is 5.31. The molecule has 1 heterocycles. The molecule has 2 heteroatoms. The van der Waals surface area contributed by atoms with E-state index in [4.69, 9.17) is 4.74 Å². The fourth-order valence-electron chi connectivity index (χ4n) is 2.96. The minimum atomic E-state index is 0.495. The summed E-state index contributed by atoms with van der Waals surface area (Å²) in [5.41, 5.74) is 0. The lowest BCUT2D eigenvalue weighted by atomic mass is 9.78. The van der Waals surface area contributed by atoms with Crippen LogP contribution in [0.2, 0.25) is 0 Å². The Labute approximate surface area is 93.8 Å². The zero-order chi connectivity index (χ0) is 10.7. The van der Waals surface area contributed by atoms with Gasteiger partial charge in [-0.3, -0.25) is 0 Å². The second-order valence-electron chi connectivity index (χ2n) is 5.42. The van der Waals surface area contributed by atoms with Crippen molar-refractivity contribution in [3.63, 3.8) is 0 Å². The van der Waals surface area contributed by atoms with Crippen LogP contribution in [0.15, 0.2) is 0 Å². The molecule has 1 aliphatic heterocycles. The minimum absolute atomic E-state index is 0.495. The molecular weight excluding hydrogens is 186 g/mol. The second-order valence-corrected chi connectivity index (χ2v) is 5.42. The molecule has 4 unspecified atom stereocenters. The summed E-state index contributed by atoms with van der Waals surface area (Å²) in [6.45, 7) is 6.84. The molecule has 0 spiro atoms. The molecule has 0 radical (unpaired) electrons. The fraction of sp³-hybridized carbons (Fsp3) is 1.00. The quantitative estimate of drug-likeness (QED) is 0.774. The van der Waals surface area contributed by atoms with Gasteiger partial charge in [-0.05, 0) is 31.1 Å². The van der Waals surface area contributed by atoms with E-state index in [2.05, 4.69) is 19.2 Å². The predicted octanol–water partition coefficient (Wildman–Crippen LogP) is 2.58. The lowest BCUT2D eigenvalue weighted by Crippen LogP contribution is -2.43. The van der Waals surface area contributed by atoms with Crippen molar-refractivity contribution < 1.29 is 4.74 Å². The van der Waals surface area contributed by atoms with Crippen molar-refractivity contribution in [3.8, 4) is 0 Å². The Morgan fingerprint density at radius 2 is 2.00 bits per heavy atom. The Balaban J connectivity index is 1.72. The third-order valence-corrected chi connectivity index (χ3v) is 4.34. The van der Waals surface area contributed by atoms with Gasteiger partial charge in [0.05, 0.1) is 6.10 Å². The molecule has 1 aliphatic carbocycles. The third-order valence-electron chi connectivity index (χ3n) is 4.34. The average molecular weight is 211 g/mol. The highest BCUT2D eigenvalue weighted by Crippen LogP contribution is 2.29. The number of hydrogen-bond donors (Lipinski definition) is 1. The molecule has 2 fully saturated rings. The van der Waals surface area contributed by atoms with Gasteiger partial charge in [0, 0.05) is 19.2 Å². The number of nitrogens with one attached hydrogen (secondary N) is 1. The Morgan fingerprint density at radius 3 is 2.73 bits per heavy atom. The van der Waals surface area contributed by atoms with Crippen molar-refractivity contribution in [2.75, 3.05) is 13.2 Å². The van der Waals surface area contributed by atoms with Crippen LogP contribution < -0.4 is 5.32 Å². The Bertz CT molecular complexity index is 189. The van der Waals surface area contributed by atoms with Crippen LogP contribution in [0.3, 0.4) is 0 Å². The normalized spacial score (nSPS) is 42.0. The molecule has 2 nitrogen and oxygen atoms in total. The molecule has 0 amide bonds. The lowest BCUT2D eigenvalue weighted by Gasteiger charge is -2.35. The summed E-state index contributed by atoms with van der Waals surface area (Å²) < 4.78 is 5.64. The van der Waals surface area contributed by atoms with E-state index in [0.29, 0.717) is 6.10 Å². The first kappa shape index (κ1) is 11.4. The van der Waals surface area contributed by atoms with Crippen LogP contribution >= 0.6 is 0 Å². The first-order valence-corrected chi connectivity index (χ1v) is 6.62. The zero-order valence-corrected chi connectivity index (χ0v) is 10.2.